The Bertz CT molecular complexity index is 309. The van der Waals surface area contributed by atoms with Gasteiger partial charge in [-0.25, -0.2) is 0 Å². The van der Waals surface area contributed by atoms with Crippen LogP contribution < -0.4 is 0 Å². The van der Waals surface area contributed by atoms with E-state index in [0.29, 0.717) is 0 Å². The van der Waals surface area contributed by atoms with E-state index in [9.17, 15) is 0 Å². The highest BCUT2D eigenvalue weighted by Gasteiger charge is 2.16. The second-order valence-corrected chi connectivity index (χ2v) is 12.2. The van der Waals surface area contributed by atoms with E-state index in [1.807, 2.05) is 0 Å². The molecule has 84 valence electrons. The largest absolute Gasteiger partial charge is 0.0693 e. The monoisotopic (exact) mass is 220 g/mol. The summed E-state index contributed by atoms with van der Waals surface area (Å²) in [7, 11) is -0.961. The quantitative estimate of drug-likeness (QED) is 0.648. The first-order valence-corrected chi connectivity index (χ1v) is 9.49. The van der Waals surface area contributed by atoms with Crippen molar-refractivity contribution in [2.45, 2.75) is 51.9 Å². The van der Waals surface area contributed by atoms with Crippen molar-refractivity contribution >= 4 is 8.07 Å². The molecule has 0 amide bonds. The average Bonchev–Trinajstić information content (AvgIpc) is 2.00. The third-order valence-electron chi connectivity index (χ3n) is 2.55. The van der Waals surface area contributed by atoms with Gasteiger partial charge in [0.05, 0.1) is 0 Å². The van der Waals surface area contributed by atoms with E-state index in [-0.39, 0.29) is 5.41 Å². The molecule has 0 aliphatic carbocycles. The van der Waals surface area contributed by atoms with Crippen molar-refractivity contribution in [2.24, 2.45) is 0 Å². The summed E-state index contributed by atoms with van der Waals surface area (Å²) < 4.78 is 0. The van der Waals surface area contributed by atoms with Crippen LogP contribution in [0.1, 0.15) is 31.9 Å². The van der Waals surface area contributed by atoms with Crippen LogP contribution in [-0.4, -0.2) is 8.07 Å². The van der Waals surface area contributed by atoms with E-state index in [1.165, 1.54) is 17.2 Å². The van der Waals surface area contributed by atoms with Crippen LogP contribution in [0.3, 0.4) is 0 Å². The number of benzene rings is 1. The van der Waals surface area contributed by atoms with Gasteiger partial charge in [0.2, 0.25) is 0 Å². The molecule has 0 atom stereocenters. The van der Waals surface area contributed by atoms with Crippen molar-refractivity contribution in [1.29, 1.82) is 0 Å². The second-order valence-electron chi connectivity index (χ2n) is 6.68. The van der Waals surface area contributed by atoms with E-state index < -0.39 is 8.07 Å². The van der Waals surface area contributed by atoms with E-state index in [2.05, 4.69) is 64.7 Å². The topological polar surface area (TPSA) is 0 Å². The molecular weight excluding hydrogens is 196 g/mol. The van der Waals surface area contributed by atoms with Gasteiger partial charge in [0.15, 0.2) is 0 Å². The molecule has 15 heavy (non-hydrogen) atoms. The molecule has 1 heteroatoms. The number of hydrogen-bond acceptors (Lipinski definition) is 0. The highest BCUT2D eigenvalue weighted by molar-refractivity contribution is 6.75. The SMILES string of the molecule is CC(C)(C)c1ccc(C[Si](C)(C)C)cc1. The van der Waals surface area contributed by atoms with Crippen LogP contribution >= 0.6 is 0 Å². The lowest BCUT2D eigenvalue weighted by atomic mass is 9.87. The van der Waals surface area contributed by atoms with E-state index in [1.54, 1.807) is 0 Å². The average molecular weight is 220 g/mol. The molecule has 0 aliphatic heterocycles. The zero-order valence-corrected chi connectivity index (χ0v) is 12.0. The maximum absolute atomic E-state index is 2.42. The summed E-state index contributed by atoms with van der Waals surface area (Å²) >= 11 is 0. The Balaban J connectivity index is 2.82. The molecule has 0 radical (unpaired) electrons. The predicted molar refractivity (Wildman–Crippen MR) is 72.2 cm³/mol. The number of rotatable bonds is 2. The van der Waals surface area contributed by atoms with Gasteiger partial charge in [0.25, 0.3) is 0 Å². The maximum Gasteiger partial charge on any atom is 0.0487 e. The van der Waals surface area contributed by atoms with Crippen LogP contribution in [0.4, 0.5) is 0 Å². The molecule has 0 bridgehead atoms. The van der Waals surface area contributed by atoms with Crippen LogP contribution in [-0.2, 0) is 11.5 Å². The van der Waals surface area contributed by atoms with Crippen molar-refractivity contribution in [2.75, 3.05) is 0 Å². The van der Waals surface area contributed by atoms with Gasteiger partial charge >= 0.3 is 0 Å². The van der Waals surface area contributed by atoms with Gasteiger partial charge in [0.1, 0.15) is 0 Å². The lowest BCUT2D eigenvalue weighted by Crippen LogP contribution is -2.23. The molecule has 0 nitrogen and oxygen atoms in total. The summed E-state index contributed by atoms with van der Waals surface area (Å²) in [5, 5.41) is 0. The van der Waals surface area contributed by atoms with Crippen LogP contribution in [0, 0.1) is 0 Å². The molecule has 0 fully saturated rings. The summed E-state index contributed by atoms with van der Waals surface area (Å²) in [5.41, 5.74) is 3.21. The standard InChI is InChI=1S/C14H24Si/c1-14(2,3)13-9-7-12(8-10-13)11-15(4,5)6/h7-10H,11H2,1-6H3. The Morgan fingerprint density at radius 1 is 0.933 bits per heavy atom. The van der Waals surface area contributed by atoms with Crippen molar-refractivity contribution in [1.82, 2.24) is 0 Å². The number of hydrogen-bond donors (Lipinski definition) is 0. The Kier molecular flexibility index (Phi) is 3.44. The van der Waals surface area contributed by atoms with Crippen LogP contribution in [0.2, 0.25) is 19.6 Å². The van der Waals surface area contributed by atoms with Gasteiger partial charge in [-0.1, -0.05) is 70.2 Å². The van der Waals surface area contributed by atoms with Crippen molar-refractivity contribution < 1.29 is 0 Å². The molecule has 1 rings (SSSR count). The van der Waals surface area contributed by atoms with Gasteiger partial charge in [-0.15, -0.1) is 0 Å². The first kappa shape index (κ1) is 12.5. The summed E-state index contributed by atoms with van der Waals surface area (Å²) in [6.07, 6.45) is 0. The Morgan fingerprint density at radius 3 is 1.73 bits per heavy atom. The lowest BCUT2D eigenvalue weighted by molar-refractivity contribution is 0.590. The van der Waals surface area contributed by atoms with Crippen LogP contribution in [0.15, 0.2) is 24.3 Å². The first-order valence-electron chi connectivity index (χ1n) is 5.78. The Morgan fingerprint density at radius 2 is 1.40 bits per heavy atom. The minimum atomic E-state index is -0.961. The van der Waals surface area contributed by atoms with Gasteiger partial charge < -0.3 is 0 Å². The van der Waals surface area contributed by atoms with Crippen molar-refractivity contribution in [3.63, 3.8) is 0 Å². The molecule has 0 unspecified atom stereocenters. The third-order valence-corrected chi connectivity index (χ3v) is 4.02. The highest BCUT2D eigenvalue weighted by atomic mass is 28.3. The first-order chi connectivity index (χ1) is 6.68. The second kappa shape index (κ2) is 4.13. The van der Waals surface area contributed by atoms with Crippen molar-refractivity contribution in [3.05, 3.63) is 35.4 Å². The van der Waals surface area contributed by atoms with Gasteiger partial charge in [-0.3, -0.25) is 0 Å². The molecule has 1 aromatic rings. The third kappa shape index (κ3) is 4.21. The fourth-order valence-corrected chi connectivity index (χ4v) is 3.20. The predicted octanol–water partition coefficient (Wildman–Crippen LogP) is 4.40. The van der Waals surface area contributed by atoms with Crippen LogP contribution in [0.5, 0.6) is 0 Å². The molecule has 0 N–H and O–H groups in total. The molecule has 0 heterocycles. The Hall–Kier alpha value is -0.563. The normalized spacial score (nSPS) is 12.9. The minimum absolute atomic E-state index is 0.275. The van der Waals surface area contributed by atoms with Gasteiger partial charge in [-0.05, 0) is 17.0 Å². The zero-order valence-electron chi connectivity index (χ0n) is 11.0. The van der Waals surface area contributed by atoms with Crippen molar-refractivity contribution in [3.8, 4) is 0 Å². The van der Waals surface area contributed by atoms with E-state index >= 15 is 0 Å². The van der Waals surface area contributed by atoms with E-state index in [4.69, 9.17) is 0 Å². The van der Waals surface area contributed by atoms with Gasteiger partial charge in [-0.2, -0.15) is 0 Å². The molecule has 0 spiro atoms. The zero-order chi connectivity index (χ0) is 11.7. The summed E-state index contributed by atoms with van der Waals surface area (Å²) in [6.45, 7) is 14.1. The fraction of sp³-hybridized carbons (Fsp3) is 0.571. The summed E-state index contributed by atoms with van der Waals surface area (Å²) in [5.74, 6) is 0. The molecule has 0 aromatic heterocycles. The van der Waals surface area contributed by atoms with Gasteiger partial charge in [0, 0.05) is 8.07 Å². The smallest absolute Gasteiger partial charge is 0.0487 e. The summed E-state index contributed by atoms with van der Waals surface area (Å²) in [4.78, 5) is 0. The molecular formula is C14H24Si. The minimum Gasteiger partial charge on any atom is -0.0693 e. The summed E-state index contributed by atoms with van der Waals surface area (Å²) in [6, 6.07) is 10.5. The highest BCUT2D eigenvalue weighted by Crippen LogP contribution is 2.23. The lowest BCUT2D eigenvalue weighted by Gasteiger charge is -2.20. The Labute approximate surface area is 95.7 Å². The van der Waals surface area contributed by atoms with E-state index in [0.717, 1.165) is 0 Å². The fourth-order valence-electron chi connectivity index (χ4n) is 1.73. The molecule has 0 saturated carbocycles. The van der Waals surface area contributed by atoms with Crippen LogP contribution in [0.25, 0.3) is 0 Å². The maximum atomic E-state index is 2.42. The molecule has 0 saturated heterocycles. The molecule has 0 aliphatic rings. The molecule has 1 aromatic carbocycles.